The zero-order chi connectivity index (χ0) is 35.3. The van der Waals surface area contributed by atoms with Crippen molar-refractivity contribution in [3.63, 3.8) is 0 Å². The van der Waals surface area contributed by atoms with E-state index in [1.807, 2.05) is 34.6 Å². The zero-order valence-corrected chi connectivity index (χ0v) is 30.5. The molecule has 0 aliphatic carbocycles. The van der Waals surface area contributed by atoms with Crippen LogP contribution in [0.2, 0.25) is 18.1 Å². The number of benzene rings is 1. The average Bonchev–Trinajstić information content (AvgIpc) is 3.27. The van der Waals surface area contributed by atoms with Crippen molar-refractivity contribution >= 4 is 14.3 Å². The lowest BCUT2D eigenvalue weighted by molar-refractivity contribution is -0.149. The van der Waals surface area contributed by atoms with Gasteiger partial charge in [-0.1, -0.05) is 54.5 Å². The molecule has 0 amide bonds. The number of carbonyl (C=O) groups is 1. The second-order valence-corrected chi connectivity index (χ2v) is 19.8. The van der Waals surface area contributed by atoms with Gasteiger partial charge >= 0.3 is 12.1 Å². The minimum atomic E-state index is -4.67. The van der Waals surface area contributed by atoms with E-state index in [4.69, 9.17) is 23.6 Å². The van der Waals surface area contributed by atoms with Gasteiger partial charge in [-0.25, -0.2) is 0 Å². The maximum absolute atomic E-state index is 13.8. The number of pyridine rings is 1. The standard InChI is InChI=1S/C36H49F3N2O5Si/c1-20(2)30-28-29(27(22(5)46-47(10,11)34(7,8)9)31(41-30)32(21(3)4)44-23(6)42)35(14-16-43-17-15-35)45-33(28)24-12-13-26(36(37,38)39)25(18-24)19-40/h12-13,18,20-22,32-33H,14-17H2,1-11H3. The van der Waals surface area contributed by atoms with Crippen LogP contribution in [0, 0.1) is 17.2 Å². The van der Waals surface area contributed by atoms with Crippen LogP contribution in [0.15, 0.2) is 18.2 Å². The summed E-state index contributed by atoms with van der Waals surface area (Å²) < 4.78 is 67.4. The maximum Gasteiger partial charge on any atom is 0.417 e. The molecule has 2 aromatic rings. The van der Waals surface area contributed by atoms with Crippen LogP contribution in [0.3, 0.4) is 0 Å². The topological polar surface area (TPSA) is 90.7 Å². The summed E-state index contributed by atoms with van der Waals surface area (Å²) in [5.74, 6) is -0.672. The summed E-state index contributed by atoms with van der Waals surface area (Å²) in [7, 11) is -2.36. The highest BCUT2D eigenvalue weighted by Crippen LogP contribution is 2.57. The third-order valence-electron chi connectivity index (χ3n) is 9.86. The van der Waals surface area contributed by atoms with Crippen LogP contribution in [0.25, 0.3) is 0 Å². The van der Waals surface area contributed by atoms with Gasteiger partial charge in [0.15, 0.2) is 8.32 Å². The molecule has 7 nitrogen and oxygen atoms in total. The molecule has 0 bridgehead atoms. The molecule has 3 heterocycles. The Kier molecular flexibility index (Phi) is 10.5. The average molecular weight is 675 g/mol. The number of ether oxygens (including phenoxy) is 3. The molecule has 1 saturated heterocycles. The summed E-state index contributed by atoms with van der Waals surface area (Å²) >= 11 is 0. The van der Waals surface area contributed by atoms with Gasteiger partial charge in [0.05, 0.1) is 34.6 Å². The molecule has 4 rings (SSSR count). The molecule has 47 heavy (non-hydrogen) atoms. The molecule has 2 aliphatic rings. The number of alkyl halides is 3. The van der Waals surface area contributed by atoms with Crippen LogP contribution in [-0.4, -0.2) is 32.5 Å². The highest BCUT2D eigenvalue weighted by Gasteiger charge is 2.52. The number of aromatic nitrogens is 1. The molecule has 2 aliphatic heterocycles. The number of halogens is 3. The van der Waals surface area contributed by atoms with Crippen molar-refractivity contribution in [3.05, 3.63) is 63.0 Å². The van der Waals surface area contributed by atoms with E-state index in [2.05, 4.69) is 33.9 Å². The fourth-order valence-corrected chi connectivity index (χ4v) is 7.91. The normalized spacial score (nSPS) is 19.5. The fourth-order valence-electron chi connectivity index (χ4n) is 6.55. The molecule has 0 saturated carbocycles. The Morgan fingerprint density at radius 1 is 1.09 bits per heavy atom. The summed E-state index contributed by atoms with van der Waals surface area (Å²) in [6.07, 6.45) is -5.61. The van der Waals surface area contributed by atoms with E-state index in [-0.39, 0.29) is 16.9 Å². The van der Waals surface area contributed by atoms with Gasteiger partial charge < -0.3 is 18.6 Å². The Bertz CT molecular complexity index is 1530. The van der Waals surface area contributed by atoms with E-state index in [0.717, 1.165) is 22.8 Å². The van der Waals surface area contributed by atoms with Gasteiger partial charge in [-0.2, -0.15) is 18.4 Å². The van der Waals surface area contributed by atoms with E-state index >= 15 is 0 Å². The van der Waals surface area contributed by atoms with Gasteiger partial charge in [0.1, 0.15) is 12.2 Å². The van der Waals surface area contributed by atoms with E-state index in [1.165, 1.54) is 19.1 Å². The lowest BCUT2D eigenvalue weighted by Crippen LogP contribution is -2.42. The van der Waals surface area contributed by atoms with Gasteiger partial charge in [-0.3, -0.25) is 9.78 Å². The van der Waals surface area contributed by atoms with Gasteiger partial charge in [0, 0.05) is 49.8 Å². The minimum Gasteiger partial charge on any atom is -0.456 e. The zero-order valence-electron chi connectivity index (χ0n) is 29.5. The van der Waals surface area contributed by atoms with Gasteiger partial charge in [0.25, 0.3) is 0 Å². The molecule has 11 heteroatoms. The van der Waals surface area contributed by atoms with E-state index < -0.39 is 55.5 Å². The Labute approximate surface area is 278 Å². The third kappa shape index (κ3) is 7.17. The molecular weight excluding hydrogens is 625 g/mol. The highest BCUT2D eigenvalue weighted by atomic mass is 28.4. The van der Waals surface area contributed by atoms with Crippen molar-refractivity contribution in [2.24, 2.45) is 5.92 Å². The van der Waals surface area contributed by atoms with Crippen molar-refractivity contribution in [2.45, 2.75) is 129 Å². The van der Waals surface area contributed by atoms with Crippen LogP contribution in [0.5, 0.6) is 0 Å². The summed E-state index contributed by atoms with van der Waals surface area (Å²) in [6.45, 7) is 23.1. The predicted molar refractivity (Wildman–Crippen MR) is 175 cm³/mol. The quantitative estimate of drug-likeness (QED) is 0.203. The van der Waals surface area contributed by atoms with Gasteiger partial charge in [0.2, 0.25) is 0 Å². The fraction of sp³-hybridized carbons (Fsp3) is 0.639. The number of nitrogens with zero attached hydrogens (tertiary/aromatic N) is 2. The first kappa shape index (κ1) is 37.0. The van der Waals surface area contributed by atoms with Crippen molar-refractivity contribution < 1.29 is 36.6 Å². The summed E-state index contributed by atoms with van der Waals surface area (Å²) in [6, 6.07) is 5.40. The largest absolute Gasteiger partial charge is 0.456 e. The summed E-state index contributed by atoms with van der Waals surface area (Å²) in [5.41, 5.74) is 1.92. The Balaban J connectivity index is 2.13. The molecule has 0 radical (unpaired) electrons. The van der Waals surface area contributed by atoms with Crippen LogP contribution < -0.4 is 0 Å². The molecule has 0 N–H and O–H groups in total. The molecule has 1 spiro atoms. The first-order valence-corrected chi connectivity index (χ1v) is 19.4. The number of esters is 1. The van der Waals surface area contributed by atoms with Crippen molar-refractivity contribution in [1.82, 2.24) is 4.98 Å². The lowest BCUT2D eigenvalue weighted by atomic mass is 9.77. The molecule has 258 valence electrons. The van der Waals surface area contributed by atoms with Crippen LogP contribution in [0.1, 0.15) is 144 Å². The van der Waals surface area contributed by atoms with Crippen molar-refractivity contribution in [1.29, 1.82) is 5.26 Å². The highest BCUT2D eigenvalue weighted by molar-refractivity contribution is 6.74. The van der Waals surface area contributed by atoms with Crippen molar-refractivity contribution in [2.75, 3.05) is 13.2 Å². The monoisotopic (exact) mass is 674 g/mol. The molecule has 1 fully saturated rings. The molecule has 3 unspecified atom stereocenters. The molecular formula is C36H49F3N2O5Si. The van der Waals surface area contributed by atoms with Crippen LogP contribution in [-0.2, 0) is 35.2 Å². The number of fused-ring (bicyclic) bond motifs is 2. The van der Waals surface area contributed by atoms with E-state index in [9.17, 15) is 23.2 Å². The Morgan fingerprint density at radius 3 is 2.19 bits per heavy atom. The molecule has 3 atom stereocenters. The number of hydrogen-bond donors (Lipinski definition) is 0. The van der Waals surface area contributed by atoms with Crippen molar-refractivity contribution in [3.8, 4) is 6.07 Å². The van der Waals surface area contributed by atoms with Crippen LogP contribution >= 0.6 is 0 Å². The van der Waals surface area contributed by atoms with Gasteiger partial charge in [-0.05, 0) is 60.2 Å². The first-order chi connectivity index (χ1) is 21.6. The number of rotatable bonds is 8. The van der Waals surface area contributed by atoms with E-state index in [0.29, 0.717) is 43.0 Å². The minimum absolute atomic E-state index is 0.105. The molecule has 1 aromatic heterocycles. The lowest BCUT2D eigenvalue weighted by Gasteiger charge is -2.41. The second kappa shape index (κ2) is 13.3. The Hall–Kier alpha value is -2.78. The SMILES string of the molecule is CC(=O)OC(c1nc(C(C)C)c2c(c1C(C)O[Si](C)(C)C(C)(C)C)C1(CCOCC1)OC2c1ccc(C(F)(F)F)c(C#N)c1)C(C)C. The van der Waals surface area contributed by atoms with Crippen LogP contribution in [0.4, 0.5) is 13.2 Å². The van der Waals surface area contributed by atoms with Gasteiger partial charge in [-0.15, -0.1) is 0 Å². The summed E-state index contributed by atoms with van der Waals surface area (Å²) in [4.78, 5) is 17.8. The number of hydrogen-bond acceptors (Lipinski definition) is 7. The third-order valence-corrected chi connectivity index (χ3v) is 14.4. The maximum atomic E-state index is 13.8. The number of carbonyl (C=O) groups excluding carboxylic acids is 1. The number of nitriles is 1. The predicted octanol–water partition coefficient (Wildman–Crippen LogP) is 9.56. The molecule has 1 aromatic carbocycles. The smallest absolute Gasteiger partial charge is 0.417 e. The first-order valence-electron chi connectivity index (χ1n) is 16.4. The van der Waals surface area contributed by atoms with E-state index in [1.54, 1.807) is 6.07 Å². The Morgan fingerprint density at radius 2 is 1.70 bits per heavy atom. The summed E-state index contributed by atoms with van der Waals surface area (Å²) in [5, 5.41) is 9.66. The second-order valence-electron chi connectivity index (χ2n) is 15.1.